The summed E-state index contributed by atoms with van der Waals surface area (Å²) in [5.41, 5.74) is 5.13. The molecule has 0 atom stereocenters. The summed E-state index contributed by atoms with van der Waals surface area (Å²) in [6.07, 6.45) is 0. The second kappa shape index (κ2) is 8.68. The summed E-state index contributed by atoms with van der Waals surface area (Å²) in [5.74, 6) is 3.08. The van der Waals surface area contributed by atoms with E-state index in [1.165, 1.54) is 12.1 Å². The van der Waals surface area contributed by atoms with E-state index >= 15 is 0 Å². The molecule has 0 aliphatic rings. The number of benzene rings is 1. The molecule has 6 nitrogen and oxygen atoms in total. The van der Waals surface area contributed by atoms with Gasteiger partial charge in [-0.25, -0.2) is 4.39 Å². The summed E-state index contributed by atoms with van der Waals surface area (Å²) < 4.78 is 18.4. The third kappa shape index (κ3) is 6.03. The number of primary amides is 1. The zero-order valence-electron chi connectivity index (χ0n) is 11.2. The van der Waals surface area contributed by atoms with Gasteiger partial charge in [-0.15, -0.1) is 0 Å². The van der Waals surface area contributed by atoms with Crippen molar-refractivity contribution in [3.05, 3.63) is 35.1 Å². The molecule has 0 unspecified atom stereocenters. The Kier molecular flexibility index (Phi) is 6.87. The zero-order valence-corrected chi connectivity index (χ0v) is 11.2. The van der Waals surface area contributed by atoms with E-state index in [1.807, 2.05) is 0 Å². The highest BCUT2D eigenvalue weighted by Gasteiger charge is 2.11. The molecule has 0 heterocycles. The Morgan fingerprint density at radius 3 is 2.86 bits per heavy atom. The topological polar surface area (TPSA) is 102 Å². The van der Waals surface area contributed by atoms with Gasteiger partial charge < -0.3 is 20.9 Å². The van der Waals surface area contributed by atoms with Crippen molar-refractivity contribution in [2.45, 2.75) is 0 Å². The Bertz CT molecular complexity index is 578. The summed E-state index contributed by atoms with van der Waals surface area (Å²) in [6.45, 7) is -0.370. The van der Waals surface area contributed by atoms with Gasteiger partial charge in [0.1, 0.15) is 19.0 Å². The number of aliphatic hydroxyl groups is 1. The summed E-state index contributed by atoms with van der Waals surface area (Å²) >= 11 is 0. The predicted octanol–water partition coefficient (Wildman–Crippen LogP) is -0.599. The largest absolute Gasteiger partial charge is 0.384 e. The predicted molar refractivity (Wildman–Crippen MR) is 72.7 cm³/mol. The summed E-state index contributed by atoms with van der Waals surface area (Å²) in [4.78, 5) is 22.2. The van der Waals surface area contributed by atoms with Crippen molar-refractivity contribution in [1.29, 1.82) is 0 Å². The van der Waals surface area contributed by atoms with Gasteiger partial charge in [0.05, 0.1) is 12.2 Å². The molecule has 21 heavy (non-hydrogen) atoms. The molecule has 0 fully saturated rings. The van der Waals surface area contributed by atoms with Gasteiger partial charge in [-0.05, 0) is 18.2 Å². The lowest BCUT2D eigenvalue weighted by Crippen LogP contribution is -2.29. The van der Waals surface area contributed by atoms with E-state index in [-0.39, 0.29) is 31.9 Å². The van der Waals surface area contributed by atoms with Crippen LogP contribution in [0.3, 0.4) is 0 Å². The summed E-state index contributed by atoms with van der Waals surface area (Å²) in [5, 5.41) is 11.0. The molecular weight excluding hydrogens is 279 g/mol. The minimum Gasteiger partial charge on any atom is -0.384 e. The maximum absolute atomic E-state index is 13.6. The van der Waals surface area contributed by atoms with Crippen LogP contribution in [0, 0.1) is 17.7 Å². The van der Waals surface area contributed by atoms with Crippen LogP contribution in [0.15, 0.2) is 18.2 Å². The Labute approximate surface area is 121 Å². The van der Waals surface area contributed by atoms with Crippen molar-refractivity contribution in [3.8, 4) is 11.8 Å². The lowest BCUT2D eigenvalue weighted by Gasteiger charge is -2.06. The Morgan fingerprint density at radius 1 is 1.43 bits per heavy atom. The Balaban J connectivity index is 2.58. The molecule has 7 heteroatoms. The highest BCUT2D eigenvalue weighted by atomic mass is 19.1. The average Bonchev–Trinajstić information content (AvgIpc) is 2.45. The normalized spacial score (nSPS) is 9.62. The number of carbonyl (C=O) groups is 2. The van der Waals surface area contributed by atoms with E-state index in [1.54, 1.807) is 0 Å². The lowest BCUT2D eigenvalue weighted by molar-refractivity contribution is -0.122. The molecule has 112 valence electrons. The monoisotopic (exact) mass is 294 g/mol. The highest BCUT2D eigenvalue weighted by molar-refractivity contribution is 5.94. The first-order valence-electron chi connectivity index (χ1n) is 6.08. The van der Waals surface area contributed by atoms with E-state index in [9.17, 15) is 14.0 Å². The minimum absolute atomic E-state index is 0.0836. The van der Waals surface area contributed by atoms with Gasteiger partial charge >= 0.3 is 0 Å². The van der Waals surface area contributed by atoms with Crippen LogP contribution in [0.25, 0.3) is 0 Å². The Hall–Kier alpha value is -2.43. The SMILES string of the molecule is NC(=O)COCCNC(=O)c1cc(C#CCO)ccc1F. The van der Waals surface area contributed by atoms with E-state index in [0.29, 0.717) is 5.56 Å². The quantitative estimate of drug-likeness (QED) is 0.481. The number of aliphatic hydroxyl groups excluding tert-OH is 1. The highest BCUT2D eigenvalue weighted by Crippen LogP contribution is 2.09. The number of nitrogens with two attached hydrogens (primary N) is 1. The van der Waals surface area contributed by atoms with Crippen molar-refractivity contribution in [1.82, 2.24) is 5.32 Å². The van der Waals surface area contributed by atoms with Gasteiger partial charge in [0.25, 0.3) is 5.91 Å². The first-order valence-corrected chi connectivity index (χ1v) is 6.08. The number of ether oxygens (including phenoxy) is 1. The molecule has 1 rings (SSSR count). The molecule has 0 saturated carbocycles. The second-order valence-corrected chi connectivity index (χ2v) is 3.93. The smallest absolute Gasteiger partial charge is 0.254 e. The van der Waals surface area contributed by atoms with Crippen molar-refractivity contribution in [2.75, 3.05) is 26.4 Å². The summed E-state index contributed by atoms with van der Waals surface area (Å²) in [7, 11) is 0. The molecule has 0 saturated heterocycles. The van der Waals surface area contributed by atoms with Crippen molar-refractivity contribution >= 4 is 11.8 Å². The first kappa shape index (κ1) is 16.6. The van der Waals surface area contributed by atoms with Gasteiger partial charge in [0.15, 0.2) is 0 Å². The number of rotatable bonds is 6. The first-order chi connectivity index (χ1) is 10.0. The van der Waals surface area contributed by atoms with Crippen LogP contribution in [-0.2, 0) is 9.53 Å². The van der Waals surface area contributed by atoms with E-state index in [0.717, 1.165) is 6.07 Å². The van der Waals surface area contributed by atoms with Crippen LogP contribution < -0.4 is 11.1 Å². The molecule has 4 N–H and O–H groups in total. The van der Waals surface area contributed by atoms with Crippen molar-refractivity contribution < 1.29 is 23.8 Å². The van der Waals surface area contributed by atoms with Gasteiger partial charge in [-0.1, -0.05) is 11.8 Å². The van der Waals surface area contributed by atoms with Crippen LogP contribution >= 0.6 is 0 Å². The van der Waals surface area contributed by atoms with E-state index in [2.05, 4.69) is 17.2 Å². The number of halogens is 1. The number of hydrogen-bond donors (Lipinski definition) is 3. The van der Waals surface area contributed by atoms with Gasteiger partial charge in [0.2, 0.25) is 5.91 Å². The second-order valence-electron chi connectivity index (χ2n) is 3.93. The molecule has 1 aromatic rings. The number of hydrogen-bond acceptors (Lipinski definition) is 4. The fourth-order valence-corrected chi connectivity index (χ4v) is 1.42. The van der Waals surface area contributed by atoms with Crippen LogP contribution in [0.4, 0.5) is 4.39 Å². The fourth-order valence-electron chi connectivity index (χ4n) is 1.42. The minimum atomic E-state index is -0.680. The molecule has 0 bridgehead atoms. The maximum atomic E-state index is 13.6. The van der Waals surface area contributed by atoms with Gasteiger partial charge in [0, 0.05) is 12.1 Å². The van der Waals surface area contributed by atoms with E-state index < -0.39 is 17.6 Å². The molecular formula is C14H15FN2O4. The maximum Gasteiger partial charge on any atom is 0.254 e. The van der Waals surface area contributed by atoms with Crippen molar-refractivity contribution in [3.63, 3.8) is 0 Å². The molecule has 0 aliphatic heterocycles. The third-order valence-corrected chi connectivity index (χ3v) is 2.30. The third-order valence-electron chi connectivity index (χ3n) is 2.30. The van der Waals surface area contributed by atoms with Crippen molar-refractivity contribution in [2.24, 2.45) is 5.73 Å². The van der Waals surface area contributed by atoms with Gasteiger partial charge in [-0.3, -0.25) is 9.59 Å². The van der Waals surface area contributed by atoms with E-state index in [4.69, 9.17) is 15.6 Å². The number of carbonyl (C=O) groups excluding carboxylic acids is 2. The number of amides is 2. The fraction of sp³-hybridized carbons (Fsp3) is 0.286. The van der Waals surface area contributed by atoms with Crippen LogP contribution in [0.1, 0.15) is 15.9 Å². The zero-order chi connectivity index (χ0) is 15.7. The summed E-state index contributed by atoms with van der Waals surface area (Å²) in [6, 6.07) is 3.82. The van der Waals surface area contributed by atoms with Crippen LogP contribution in [-0.4, -0.2) is 43.3 Å². The standard InChI is InChI=1S/C14H15FN2O4/c15-12-4-3-10(2-1-6-18)8-11(12)14(20)17-5-7-21-9-13(16)19/h3-4,8,18H,5-7,9H2,(H2,16,19)(H,17,20). The number of nitrogens with one attached hydrogen (secondary N) is 1. The van der Waals surface area contributed by atoms with Crippen LogP contribution in [0.2, 0.25) is 0 Å². The average molecular weight is 294 g/mol. The molecule has 0 aromatic heterocycles. The molecule has 1 aromatic carbocycles. The Morgan fingerprint density at radius 2 is 2.19 bits per heavy atom. The molecule has 0 spiro atoms. The molecule has 0 aliphatic carbocycles. The van der Waals surface area contributed by atoms with Crippen LogP contribution in [0.5, 0.6) is 0 Å². The van der Waals surface area contributed by atoms with Gasteiger partial charge in [-0.2, -0.15) is 0 Å². The molecule has 0 radical (unpaired) electrons. The lowest BCUT2D eigenvalue weighted by atomic mass is 10.1. The molecule has 2 amide bonds.